The molecule has 54 heavy (non-hydrogen) atoms. The Morgan fingerprint density at radius 3 is 2.15 bits per heavy atom. The van der Waals surface area contributed by atoms with Gasteiger partial charge in [-0.3, -0.25) is 0 Å². The molecule has 0 saturated heterocycles. The zero-order valence-electron chi connectivity index (χ0n) is 36.4. The Kier molecular flexibility index (Phi) is 10.2. The standard InChI is InChI=1S/C28H24NS.C21H22GeN.Ir/c1-28(2,3)18-19-14-15-29-25(16-19)24-11-7-10-23-22-13-12-21(17-26(22)30-27(23)24)20-8-5-4-6-9-20;1-16-10-11-18(14-20(16)17-8-6-5-7-9-17)21-13-12-19(15-23-21)22(2,3)4;/h4-10,12-17H,18H2,1-3H3;5-10,12-15H,1-4H3;/q2*-1;/i18D2;1D3;. The van der Waals surface area contributed by atoms with Crippen LogP contribution in [0.15, 0.2) is 140 Å². The molecule has 0 fully saturated rings. The van der Waals surface area contributed by atoms with Gasteiger partial charge in [0.25, 0.3) is 0 Å². The maximum atomic E-state index is 8.67. The Morgan fingerprint density at radius 2 is 1.48 bits per heavy atom. The third-order valence-corrected chi connectivity index (χ3v) is 14.5. The van der Waals surface area contributed by atoms with E-state index in [1.165, 1.54) is 31.0 Å². The van der Waals surface area contributed by atoms with Gasteiger partial charge < -0.3 is 4.98 Å². The number of aryl methyl sites for hydroxylation is 1. The molecule has 5 heteroatoms. The van der Waals surface area contributed by atoms with E-state index < -0.39 is 31.9 Å². The van der Waals surface area contributed by atoms with Gasteiger partial charge in [-0.1, -0.05) is 80.3 Å². The first-order valence-electron chi connectivity index (χ1n) is 20.4. The Bertz CT molecular complexity index is 2700. The quantitative estimate of drug-likeness (QED) is 0.123. The van der Waals surface area contributed by atoms with E-state index in [1.807, 2.05) is 87.6 Å². The van der Waals surface area contributed by atoms with Crippen LogP contribution in [-0.2, 0) is 26.5 Å². The molecule has 0 aliphatic carbocycles. The van der Waals surface area contributed by atoms with Crippen LogP contribution in [0.25, 0.3) is 64.9 Å². The van der Waals surface area contributed by atoms with E-state index in [1.54, 1.807) is 29.7 Å². The van der Waals surface area contributed by atoms with Crippen LogP contribution in [0, 0.1) is 24.4 Å². The van der Waals surface area contributed by atoms with Crippen molar-refractivity contribution in [2.75, 3.05) is 0 Å². The number of hydrogen-bond acceptors (Lipinski definition) is 3. The van der Waals surface area contributed by atoms with Crippen molar-refractivity contribution in [3.8, 4) is 44.8 Å². The number of aromatic nitrogens is 2. The molecule has 0 aliphatic rings. The van der Waals surface area contributed by atoms with Crippen LogP contribution in [-0.4, -0.2) is 23.2 Å². The summed E-state index contributed by atoms with van der Waals surface area (Å²) in [5, 5.41) is 2.41. The van der Waals surface area contributed by atoms with Crippen LogP contribution >= 0.6 is 11.3 Å². The van der Waals surface area contributed by atoms with Gasteiger partial charge in [-0.25, -0.2) is 0 Å². The van der Waals surface area contributed by atoms with Gasteiger partial charge in [-0.2, -0.15) is 11.3 Å². The van der Waals surface area contributed by atoms with Gasteiger partial charge in [-0.15, -0.1) is 23.8 Å². The largest absolute Gasteiger partial charge is 0.305 e. The minimum Gasteiger partial charge on any atom is -0.305 e. The molecule has 0 aliphatic heterocycles. The van der Waals surface area contributed by atoms with Crippen molar-refractivity contribution in [3.63, 3.8) is 0 Å². The first-order chi connectivity index (χ1) is 27.4. The number of pyridine rings is 2. The topological polar surface area (TPSA) is 25.8 Å². The predicted octanol–water partition coefficient (Wildman–Crippen LogP) is 13.2. The van der Waals surface area contributed by atoms with Crippen molar-refractivity contribution in [2.24, 2.45) is 5.41 Å². The van der Waals surface area contributed by atoms with Crippen LogP contribution in [0.3, 0.4) is 0 Å². The fourth-order valence-electron chi connectivity index (χ4n) is 6.31. The summed E-state index contributed by atoms with van der Waals surface area (Å²) < 4.78 is 44.5. The maximum Gasteiger partial charge on any atom is 0.0321 e. The van der Waals surface area contributed by atoms with Crippen molar-refractivity contribution in [1.82, 2.24) is 9.97 Å². The summed E-state index contributed by atoms with van der Waals surface area (Å²) in [5.41, 5.74) is 7.75. The monoisotopic (exact) mass is 966 g/mol. The number of rotatable bonds is 6. The van der Waals surface area contributed by atoms with E-state index in [9.17, 15) is 0 Å². The molecule has 0 bridgehead atoms. The van der Waals surface area contributed by atoms with E-state index in [0.717, 1.165) is 32.8 Å². The van der Waals surface area contributed by atoms with E-state index in [0.29, 0.717) is 16.7 Å². The summed E-state index contributed by atoms with van der Waals surface area (Å²) in [4.78, 5) is 9.22. The van der Waals surface area contributed by atoms with Gasteiger partial charge in [0.05, 0.1) is 0 Å². The van der Waals surface area contributed by atoms with E-state index >= 15 is 0 Å². The Balaban J connectivity index is 0.000000199. The summed E-state index contributed by atoms with van der Waals surface area (Å²) in [6, 6.07) is 48.5. The van der Waals surface area contributed by atoms with Gasteiger partial charge in [0.2, 0.25) is 0 Å². The average molecular weight is 965 g/mol. The number of fused-ring (bicyclic) bond motifs is 3. The van der Waals surface area contributed by atoms with Crippen molar-refractivity contribution in [3.05, 3.63) is 163 Å². The van der Waals surface area contributed by atoms with Crippen LogP contribution in [0.5, 0.6) is 0 Å². The third kappa shape index (κ3) is 9.18. The smallest absolute Gasteiger partial charge is 0.0321 e. The zero-order valence-corrected chi connectivity index (χ0v) is 36.7. The first kappa shape index (κ1) is 33.2. The Labute approximate surface area is 348 Å². The number of hydrogen-bond donors (Lipinski definition) is 0. The van der Waals surface area contributed by atoms with Crippen molar-refractivity contribution in [2.45, 2.75) is 51.3 Å². The normalized spacial score (nSPS) is 13.4. The SMILES string of the molecule is [2H]C([2H])([2H])c1c[c-]c(-c2cc[c]([Ge]([CH3])([CH3])[CH3])cn2)cc1-c1ccccc1.[2H]C([2H])(c1ccnc(-c2[c-]ccc3c2sc2cc(-c4ccccc4)ccc23)c1)C(C)(C)C.[Ir]. The number of thiophene rings is 1. The second kappa shape index (κ2) is 16.7. The number of benzene rings is 5. The molecule has 0 saturated carbocycles. The summed E-state index contributed by atoms with van der Waals surface area (Å²) >= 11 is -0.159. The zero-order chi connectivity index (χ0) is 41.5. The van der Waals surface area contributed by atoms with Gasteiger partial charge in [0.15, 0.2) is 0 Å². The summed E-state index contributed by atoms with van der Waals surface area (Å²) in [5.74, 6) is 7.00. The minimum absolute atomic E-state index is 0. The van der Waals surface area contributed by atoms with E-state index in [-0.39, 0.29) is 20.1 Å². The molecule has 0 amide bonds. The maximum absolute atomic E-state index is 8.67. The summed E-state index contributed by atoms with van der Waals surface area (Å²) in [6.07, 6.45) is 2.20. The van der Waals surface area contributed by atoms with Gasteiger partial charge in [0.1, 0.15) is 0 Å². The third-order valence-electron chi connectivity index (χ3n) is 9.02. The summed E-state index contributed by atoms with van der Waals surface area (Å²) in [6.45, 7) is 3.60. The molecule has 5 aromatic carbocycles. The molecule has 0 unspecified atom stereocenters. The number of nitrogens with zero attached hydrogens (tertiary/aromatic N) is 2. The van der Waals surface area contributed by atoms with Gasteiger partial charge >= 0.3 is 146 Å². The second-order valence-corrected chi connectivity index (χ2v) is 27.0. The van der Waals surface area contributed by atoms with E-state index in [4.69, 9.17) is 6.85 Å². The molecule has 3 aromatic heterocycles. The molecule has 273 valence electrons. The van der Waals surface area contributed by atoms with Crippen LogP contribution < -0.4 is 4.40 Å². The van der Waals surface area contributed by atoms with Crippen LogP contribution in [0.2, 0.25) is 17.3 Å². The summed E-state index contributed by atoms with van der Waals surface area (Å²) in [7, 11) is 0. The molecule has 0 N–H and O–H groups in total. The molecule has 0 spiro atoms. The molecule has 3 heterocycles. The molecule has 1 radical (unpaired) electrons. The van der Waals surface area contributed by atoms with Gasteiger partial charge in [-0.05, 0) is 50.8 Å². The Morgan fingerprint density at radius 1 is 0.741 bits per heavy atom. The van der Waals surface area contributed by atoms with E-state index in [2.05, 4.69) is 94.0 Å². The van der Waals surface area contributed by atoms with Gasteiger partial charge in [0, 0.05) is 33.7 Å². The fourth-order valence-corrected chi connectivity index (χ4v) is 9.73. The Hall–Kier alpha value is -4.19. The van der Waals surface area contributed by atoms with Crippen molar-refractivity contribution >= 4 is 49.2 Å². The molecule has 0 atom stereocenters. The predicted molar refractivity (Wildman–Crippen MR) is 232 cm³/mol. The fraction of sp³-hybridized carbons (Fsp3) is 0.184. The molecular weight excluding hydrogens is 913 g/mol. The van der Waals surface area contributed by atoms with Crippen molar-refractivity contribution < 1.29 is 27.0 Å². The van der Waals surface area contributed by atoms with Crippen LogP contribution in [0.1, 0.15) is 38.8 Å². The van der Waals surface area contributed by atoms with Crippen LogP contribution in [0.4, 0.5) is 0 Å². The average Bonchev–Trinajstić information content (AvgIpc) is 3.59. The molecular formula is C49H46GeIrN2S-2. The molecule has 8 aromatic rings. The second-order valence-electron chi connectivity index (χ2n) is 15.3. The van der Waals surface area contributed by atoms with Crippen molar-refractivity contribution in [1.29, 1.82) is 0 Å². The molecule has 8 rings (SSSR count). The first-order valence-corrected chi connectivity index (χ1v) is 26.1. The minimum atomic E-state index is -2.18. The molecule has 2 nitrogen and oxygen atoms in total.